The van der Waals surface area contributed by atoms with Gasteiger partial charge >= 0.3 is 0 Å². The molecule has 1 atom stereocenters. The average Bonchev–Trinajstić information content (AvgIpc) is 3.53. The van der Waals surface area contributed by atoms with Crippen LogP contribution in [0.5, 0.6) is 5.75 Å². The lowest BCUT2D eigenvalue weighted by Gasteiger charge is -2.34. The number of rotatable bonds is 4. The summed E-state index contributed by atoms with van der Waals surface area (Å²) in [6, 6.07) is 11.5. The maximum absolute atomic E-state index is 13.9. The van der Waals surface area contributed by atoms with Gasteiger partial charge < -0.3 is 14.6 Å². The Morgan fingerprint density at radius 1 is 1.19 bits per heavy atom. The first kappa shape index (κ1) is 19.3. The molecule has 1 aliphatic rings. The molecule has 0 aliphatic carbocycles. The van der Waals surface area contributed by atoms with E-state index >= 15 is 0 Å². The number of H-pyrrole nitrogens is 1. The summed E-state index contributed by atoms with van der Waals surface area (Å²) in [6.07, 6.45) is 4.92. The van der Waals surface area contributed by atoms with Crippen LogP contribution < -0.4 is 4.74 Å². The van der Waals surface area contributed by atoms with Gasteiger partial charge in [0.05, 0.1) is 47.3 Å². The van der Waals surface area contributed by atoms with Gasteiger partial charge in [-0.05, 0) is 56.5 Å². The summed E-state index contributed by atoms with van der Waals surface area (Å²) in [5.41, 5.74) is 3.61. The highest BCUT2D eigenvalue weighted by Gasteiger charge is 2.44. The van der Waals surface area contributed by atoms with Crippen LogP contribution in [0.4, 0.5) is 0 Å². The number of aromatic nitrogens is 5. The van der Waals surface area contributed by atoms with Crippen molar-refractivity contribution in [1.82, 2.24) is 29.9 Å². The third-order valence-corrected chi connectivity index (χ3v) is 6.18. The molecule has 158 valence electrons. The van der Waals surface area contributed by atoms with E-state index in [0.717, 1.165) is 35.3 Å². The fraction of sp³-hybridized carbons (Fsp3) is 0.304. The molecule has 1 amide bonds. The van der Waals surface area contributed by atoms with E-state index in [1.807, 2.05) is 36.1 Å². The zero-order chi connectivity index (χ0) is 21.6. The first-order valence-corrected chi connectivity index (χ1v) is 10.3. The third-order valence-electron chi connectivity index (χ3n) is 6.18. The maximum atomic E-state index is 13.9. The first-order chi connectivity index (χ1) is 15.0. The molecule has 1 fully saturated rings. The summed E-state index contributed by atoms with van der Waals surface area (Å²) < 4.78 is 5.39. The molecule has 4 aromatic rings. The Morgan fingerprint density at radius 2 is 2.00 bits per heavy atom. The Labute approximate surface area is 179 Å². The van der Waals surface area contributed by atoms with E-state index in [1.165, 1.54) is 4.80 Å². The third kappa shape index (κ3) is 3.06. The van der Waals surface area contributed by atoms with Crippen LogP contribution in [0, 0.1) is 6.92 Å². The van der Waals surface area contributed by atoms with Crippen LogP contribution >= 0.6 is 0 Å². The molecule has 5 rings (SSSR count). The lowest BCUT2D eigenvalue weighted by Crippen LogP contribution is -2.44. The second-order valence-corrected chi connectivity index (χ2v) is 8.09. The summed E-state index contributed by atoms with van der Waals surface area (Å²) >= 11 is 0. The number of methoxy groups -OCH3 is 1. The van der Waals surface area contributed by atoms with Gasteiger partial charge in [-0.15, -0.1) is 0 Å². The smallest absolute Gasteiger partial charge is 0.257 e. The predicted octanol–water partition coefficient (Wildman–Crippen LogP) is 3.61. The monoisotopic (exact) mass is 416 g/mol. The number of aromatic amines is 1. The second kappa shape index (κ2) is 7.23. The van der Waals surface area contributed by atoms with Crippen molar-refractivity contribution in [1.29, 1.82) is 0 Å². The molecule has 0 spiro atoms. The number of para-hydroxylation sites is 1. The van der Waals surface area contributed by atoms with Gasteiger partial charge in [-0.1, -0.05) is 12.1 Å². The number of ether oxygens (including phenoxy) is 1. The van der Waals surface area contributed by atoms with Crippen molar-refractivity contribution >= 4 is 16.9 Å². The molecule has 31 heavy (non-hydrogen) atoms. The molecule has 1 N–H and O–H groups in total. The normalized spacial score (nSPS) is 18.6. The number of likely N-dealkylation sites (tertiary alicyclic amines) is 1. The number of nitrogens with one attached hydrogen (secondary N) is 1. The summed E-state index contributed by atoms with van der Waals surface area (Å²) in [5, 5.41) is 8.44. The molecule has 8 heteroatoms. The lowest BCUT2D eigenvalue weighted by molar-refractivity contribution is 0.0605. The summed E-state index contributed by atoms with van der Waals surface area (Å²) in [7, 11) is 1.59. The zero-order valence-corrected chi connectivity index (χ0v) is 17.8. The standard InChI is InChI=1S/C23H24N6O2/c1-15-6-4-7-18-20(15)27-22(26-18)23(2)10-5-13-28(23)21(30)17-14-16(31-3)8-9-19(17)29-24-11-12-25-29/h4,6-9,11-12,14H,5,10,13H2,1-3H3,(H,26,27). The van der Waals surface area contributed by atoms with Crippen molar-refractivity contribution in [3.8, 4) is 11.4 Å². The molecule has 1 unspecified atom stereocenters. The molecule has 8 nitrogen and oxygen atoms in total. The first-order valence-electron chi connectivity index (χ1n) is 10.3. The number of carbonyl (C=O) groups is 1. The predicted molar refractivity (Wildman–Crippen MR) is 116 cm³/mol. The van der Waals surface area contributed by atoms with Crippen LogP contribution in [0.1, 0.15) is 41.5 Å². The van der Waals surface area contributed by atoms with Gasteiger partial charge in [0, 0.05) is 6.54 Å². The number of fused-ring (bicyclic) bond motifs is 1. The van der Waals surface area contributed by atoms with Crippen molar-refractivity contribution in [2.45, 2.75) is 32.2 Å². The molecule has 2 aromatic carbocycles. The van der Waals surface area contributed by atoms with Crippen molar-refractivity contribution in [2.24, 2.45) is 0 Å². The molecule has 2 aromatic heterocycles. The average molecular weight is 416 g/mol. The molecule has 1 aliphatic heterocycles. The molecular weight excluding hydrogens is 392 g/mol. The minimum Gasteiger partial charge on any atom is -0.497 e. The number of hydrogen-bond acceptors (Lipinski definition) is 5. The molecule has 1 saturated heterocycles. The Kier molecular flexibility index (Phi) is 4.50. The minimum atomic E-state index is -0.541. The van der Waals surface area contributed by atoms with E-state index in [9.17, 15) is 4.79 Å². The van der Waals surface area contributed by atoms with Gasteiger partial charge in [-0.25, -0.2) is 4.98 Å². The van der Waals surface area contributed by atoms with Crippen LogP contribution in [0.15, 0.2) is 48.8 Å². The summed E-state index contributed by atoms with van der Waals surface area (Å²) in [5.74, 6) is 1.33. The van der Waals surface area contributed by atoms with Gasteiger partial charge in [0.2, 0.25) is 0 Å². The van der Waals surface area contributed by atoms with Crippen LogP contribution in [-0.4, -0.2) is 49.4 Å². The van der Waals surface area contributed by atoms with Crippen molar-refractivity contribution in [2.75, 3.05) is 13.7 Å². The Balaban J connectivity index is 1.59. The number of imidazole rings is 1. The van der Waals surface area contributed by atoms with Gasteiger partial charge in [0.15, 0.2) is 0 Å². The van der Waals surface area contributed by atoms with Gasteiger partial charge in [-0.3, -0.25) is 4.79 Å². The van der Waals surface area contributed by atoms with Gasteiger partial charge in [-0.2, -0.15) is 15.0 Å². The van der Waals surface area contributed by atoms with E-state index in [2.05, 4.69) is 22.1 Å². The fourth-order valence-corrected chi connectivity index (χ4v) is 4.44. The highest BCUT2D eigenvalue weighted by atomic mass is 16.5. The summed E-state index contributed by atoms with van der Waals surface area (Å²) in [4.78, 5) is 25.6. The van der Waals surface area contributed by atoms with Gasteiger partial charge in [0.25, 0.3) is 5.91 Å². The van der Waals surface area contributed by atoms with Gasteiger partial charge in [0.1, 0.15) is 11.6 Å². The minimum absolute atomic E-state index is 0.0941. The molecule has 3 heterocycles. The molecule has 0 bridgehead atoms. The molecular formula is C23H24N6O2. The summed E-state index contributed by atoms with van der Waals surface area (Å²) in [6.45, 7) is 4.78. The number of hydrogen-bond donors (Lipinski definition) is 1. The van der Waals surface area contributed by atoms with E-state index in [1.54, 1.807) is 31.6 Å². The number of amides is 1. The van der Waals surface area contributed by atoms with Crippen LogP contribution in [-0.2, 0) is 5.54 Å². The Hall–Kier alpha value is -3.68. The Morgan fingerprint density at radius 3 is 2.74 bits per heavy atom. The van der Waals surface area contributed by atoms with E-state index in [-0.39, 0.29) is 5.91 Å². The van der Waals surface area contributed by atoms with E-state index in [4.69, 9.17) is 9.72 Å². The molecule has 0 saturated carbocycles. The SMILES string of the molecule is COc1ccc(-n2nccn2)c(C(=O)N2CCCC2(C)c2nc3c(C)cccc3[nH]2)c1. The Bertz CT molecular complexity index is 1260. The quantitative estimate of drug-likeness (QED) is 0.549. The zero-order valence-electron chi connectivity index (χ0n) is 17.8. The second-order valence-electron chi connectivity index (χ2n) is 8.09. The lowest BCUT2D eigenvalue weighted by atomic mass is 9.97. The van der Waals surface area contributed by atoms with Crippen molar-refractivity contribution in [3.05, 3.63) is 65.7 Å². The maximum Gasteiger partial charge on any atom is 0.257 e. The van der Waals surface area contributed by atoms with E-state index in [0.29, 0.717) is 23.5 Å². The number of aryl methyl sites for hydroxylation is 1. The molecule has 0 radical (unpaired) electrons. The number of nitrogens with zero attached hydrogens (tertiary/aromatic N) is 5. The van der Waals surface area contributed by atoms with Crippen LogP contribution in [0.25, 0.3) is 16.7 Å². The number of carbonyl (C=O) groups excluding carboxylic acids is 1. The van der Waals surface area contributed by atoms with E-state index < -0.39 is 5.54 Å². The van der Waals surface area contributed by atoms with Crippen molar-refractivity contribution < 1.29 is 9.53 Å². The largest absolute Gasteiger partial charge is 0.497 e. The van der Waals surface area contributed by atoms with Crippen LogP contribution in [0.2, 0.25) is 0 Å². The number of benzene rings is 2. The topological polar surface area (TPSA) is 88.9 Å². The fourth-order valence-electron chi connectivity index (χ4n) is 4.44. The van der Waals surface area contributed by atoms with Crippen LogP contribution in [0.3, 0.4) is 0 Å². The van der Waals surface area contributed by atoms with Crippen molar-refractivity contribution in [3.63, 3.8) is 0 Å². The highest BCUT2D eigenvalue weighted by Crippen LogP contribution is 2.39. The highest BCUT2D eigenvalue weighted by molar-refractivity contribution is 5.99.